The number of ether oxygens (including phenoxy) is 1. The lowest BCUT2D eigenvalue weighted by atomic mass is 9.94. The Bertz CT molecular complexity index is 591. The van der Waals surface area contributed by atoms with Crippen LogP contribution in [0.15, 0.2) is 23.2 Å². The van der Waals surface area contributed by atoms with Crippen molar-refractivity contribution in [2.24, 2.45) is 5.73 Å². The van der Waals surface area contributed by atoms with Crippen molar-refractivity contribution >= 4 is 22.1 Å². The van der Waals surface area contributed by atoms with Gasteiger partial charge < -0.3 is 15.0 Å². The first-order chi connectivity index (χ1) is 9.65. The summed E-state index contributed by atoms with van der Waals surface area (Å²) in [4.78, 5) is 0.728. The molecule has 0 spiro atoms. The lowest BCUT2D eigenvalue weighted by Gasteiger charge is -2.27. The van der Waals surface area contributed by atoms with Gasteiger partial charge in [-0.2, -0.15) is 5.10 Å². The highest BCUT2D eigenvalue weighted by molar-refractivity contribution is 7.91. The van der Waals surface area contributed by atoms with Crippen LogP contribution in [0.4, 0.5) is 0 Å². The second-order valence-corrected chi connectivity index (χ2v) is 6.65. The normalized spacial score (nSPS) is 24.8. The molecule has 3 rings (SSSR count). The maximum Gasteiger partial charge on any atom is 0.205 e. The first kappa shape index (κ1) is 13.7. The Kier molecular flexibility index (Phi) is 3.87. The van der Waals surface area contributed by atoms with Gasteiger partial charge in [0.1, 0.15) is 6.26 Å². The Morgan fingerprint density at radius 2 is 2.10 bits per heavy atom. The molecule has 1 fully saturated rings. The van der Waals surface area contributed by atoms with Gasteiger partial charge in [0.15, 0.2) is 5.75 Å². The molecule has 1 saturated carbocycles. The molecule has 0 bridgehead atoms. The third-order valence-electron chi connectivity index (χ3n) is 3.84. The Morgan fingerprint density at radius 1 is 1.35 bits per heavy atom. The van der Waals surface area contributed by atoms with Gasteiger partial charge in [0.25, 0.3) is 0 Å². The standard InChI is InChI=1S/C14H19N3O2S/c1-20(18)14-11-8-16-17-12(11)6-7-13(14)19-10-4-2-9(15)3-5-10/h6-10H,2-5,15H2,1H3,(H,16,17). The maximum absolute atomic E-state index is 12.0. The van der Waals surface area contributed by atoms with Crippen LogP contribution in [0.3, 0.4) is 0 Å². The third kappa shape index (κ3) is 2.63. The summed E-state index contributed by atoms with van der Waals surface area (Å²) in [6.07, 6.45) is 7.44. The summed E-state index contributed by atoms with van der Waals surface area (Å²) >= 11 is -1.11. The molecule has 1 aromatic heterocycles. The van der Waals surface area contributed by atoms with E-state index in [1.165, 1.54) is 0 Å². The fourth-order valence-corrected chi connectivity index (χ4v) is 3.62. The van der Waals surface area contributed by atoms with E-state index in [-0.39, 0.29) is 6.10 Å². The van der Waals surface area contributed by atoms with Crippen LogP contribution in [0.5, 0.6) is 5.75 Å². The summed E-state index contributed by atoms with van der Waals surface area (Å²) in [6, 6.07) is 4.10. The minimum atomic E-state index is -1.11. The number of nitrogens with two attached hydrogens (primary N) is 1. The highest BCUT2D eigenvalue weighted by Gasteiger charge is 2.24. The highest BCUT2D eigenvalue weighted by atomic mass is 32.2. The Hall–Kier alpha value is -1.24. The summed E-state index contributed by atoms with van der Waals surface area (Å²) in [6.45, 7) is 0. The van der Waals surface area contributed by atoms with Crippen molar-refractivity contribution < 1.29 is 9.29 Å². The number of hydrogen-bond acceptors (Lipinski definition) is 4. The fourth-order valence-electron chi connectivity index (χ4n) is 2.75. The molecule has 6 heteroatoms. The molecule has 0 aliphatic heterocycles. The molecule has 0 amide bonds. The van der Waals surface area contributed by atoms with Gasteiger partial charge in [-0.15, -0.1) is 0 Å². The largest absolute Gasteiger partial charge is 0.612 e. The van der Waals surface area contributed by atoms with Gasteiger partial charge in [0, 0.05) is 6.04 Å². The second kappa shape index (κ2) is 5.63. The van der Waals surface area contributed by atoms with E-state index in [1.807, 2.05) is 12.1 Å². The van der Waals surface area contributed by atoms with Crippen LogP contribution in [-0.2, 0) is 11.2 Å². The van der Waals surface area contributed by atoms with Crippen LogP contribution in [0.25, 0.3) is 10.9 Å². The van der Waals surface area contributed by atoms with E-state index in [4.69, 9.17) is 10.5 Å². The number of benzene rings is 1. The van der Waals surface area contributed by atoms with Gasteiger partial charge in [0.2, 0.25) is 4.90 Å². The van der Waals surface area contributed by atoms with E-state index in [0.717, 1.165) is 41.5 Å². The smallest absolute Gasteiger partial charge is 0.205 e. The number of aromatic nitrogens is 2. The molecule has 1 aliphatic rings. The topological polar surface area (TPSA) is 87.0 Å². The minimum absolute atomic E-state index is 0.168. The van der Waals surface area contributed by atoms with E-state index < -0.39 is 11.2 Å². The molecule has 1 heterocycles. The van der Waals surface area contributed by atoms with Crippen molar-refractivity contribution in [3.63, 3.8) is 0 Å². The minimum Gasteiger partial charge on any atom is -0.612 e. The molecule has 20 heavy (non-hydrogen) atoms. The van der Waals surface area contributed by atoms with Crippen molar-refractivity contribution in [1.29, 1.82) is 0 Å². The molecule has 1 unspecified atom stereocenters. The molecule has 0 radical (unpaired) electrons. The first-order valence-corrected chi connectivity index (χ1v) is 8.42. The van der Waals surface area contributed by atoms with Crippen LogP contribution < -0.4 is 10.5 Å². The summed E-state index contributed by atoms with van der Waals surface area (Å²) in [5.74, 6) is 0.709. The number of nitrogens with zero attached hydrogens (tertiary/aromatic N) is 1. The van der Waals surface area contributed by atoms with Crippen molar-refractivity contribution in [2.45, 2.75) is 42.7 Å². The van der Waals surface area contributed by atoms with Gasteiger partial charge in [-0.25, -0.2) is 0 Å². The van der Waals surface area contributed by atoms with Crippen LogP contribution >= 0.6 is 0 Å². The van der Waals surface area contributed by atoms with E-state index in [2.05, 4.69) is 10.2 Å². The molecule has 5 nitrogen and oxygen atoms in total. The summed E-state index contributed by atoms with van der Waals surface area (Å²) in [5, 5.41) is 7.78. The number of H-pyrrole nitrogens is 1. The Balaban J connectivity index is 1.88. The van der Waals surface area contributed by atoms with Gasteiger partial charge >= 0.3 is 0 Å². The second-order valence-electron chi connectivity index (χ2n) is 5.33. The Morgan fingerprint density at radius 3 is 2.80 bits per heavy atom. The van der Waals surface area contributed by atoms with Gasteiger partial charge in [0.05, 0.1) is 23.2 Å². The number of hydrogen-bond donors (Lipinski definition) is 2. The molecule has 0 saturated heterocycles. The quantitative estimate of drug-likeness (QED) is 0.847. The molecule has 3 N–H and O–H groups in total. The lowest BCUT2D eigenvalue weighted by molar-refractivity contribution is 0.143. The summed E-state index contributed by atoms with van der Waals surface area (Å²) in [5.41, 5.74) is 6.79. The van der Waals surface area contributed by atoms with Gasteiger partial charge in [-0.05, 0) is 49.0 Å². The molecular formula is C14H19N3O2S. The van der Waals surface area contributed by atoms with E-state index in [1.54, 1.807) is 12.5 Å². The van der Waals surface area contributed by atoms with Crippen molar-refractivity contribution in [3.05, 3.63) is 18.3 Å². The molecule has 1 atom stereocenters. The highest BCUT2D eigenvalue weighted by Crippen LogP contribution is 2.33. The average molecular weight is 293 g/mol. The fraction of sp³-hybridized carbons (Fsp3) is 0.500. The zero-order chi connectivity index (χ0) is 14.1. The van der Waals surface area contributed by atoms with Crippen molar-refractivity contribution in [1.82, 2.24) is 10.2 Å². The Labute approximate surface area is 121 Å². The molecule has 1 aromatic carbocycles. The number of aromatic amines is 1. The zero-order valence-electron chi connectivity index (χ0n) is 11.5. The summed E-state index contributed by atoms with van der Waals surface area (Å²) in [7, 11) is 0. The number of fused-ring (bicyclic) bond motifs is 1. The predicted octanol–water partition coefficient (Wildman–Crippen LogP) is 1.95. The van der Waals surface area contributed by atoms with Crippen LogP contribution in [-0.4, -0.2) is 33.2 Å². The monoisotopic (exact) mass is 293 g/mol. The molecule has 108 valence electrons. The van der Waals surface area contributed by atoms with E-state index >= 15 is 0 Å². The van der Waals surface area contributed by atoms with Gasteiger partial charge in [-0.3, -0.25) is 5.10 Å². The van der Waals surface area contributed by atoms with Gasteiger partial charge in [-0.1, -0.05) is 0 Å². The third-order valence-corrected chi connectivity index (χ3v) is 4.83. The summed E-state index contributed by atoms with van der Waals surface area (Å²) < 4.78 is 18.1. The number of rotatable bonds is 3. The SMILES string of the molecule is C[S+]([O-])c1c(OC2CCC(N)CC2)ccc2[nH]ncc12. The average Bonchev–Trinajstić information content (AvgIpc) is 2.89. The van der Waals surface area contributed by atoms with Crippen molar-refractivity contribution in [3.8, 4) is 5.75 Å². The van der Waals surface area contributed by atoms with Crippen molar-refractivity contribution in [2.75, 3.05) is 6.26 Å². The van der Waals surface area contributed by atoms with E-state index in [9.17, 15) is 4.55 Å². The molecular weight excluding hydrogens is 274 g/mol. The molecule has 1 aliphatic carbocycles. The first-order valence-electron chi connectivity index (χ1n) is 6.87. The van der Waals surface area contributed by atoms with E-state index in [0.29, 0.717) is 11.8 Å². The maximum atomic E-state index is 12.0. The lowest BCUT2D eigenvalue weighted by Crippen LogP contribution is -2.31. The van der Waals surface area contributed by atoms with Crippen LogP contribution in [0.2, 0.25) is 0 Å². The van der Waals surface area contributed by atoms with Crippen LogP contribution in [0, 0.1) is 0 Å². The number of nitrogens with one attached hydrogen (secondary N) is 1. The zero-order valence-corrected chi connectivity index (χ0v) is 12.3. The predicted molar refractivity (Wildman–Crippen MR) is 79.3 cm³/mol. The van der Waals surface area contributed by atoms with Crippen LogP contribution in [0.1, 0.15) is 25.7 Å². The molecule has 2 aromatic rings.